The zero-order chi connectivity index (χ0) is 68.9. The van der Waals surface area contributed by atoms with Gasteiger partial charge in [-0.3, -0.25) is 39.6 Å². The van der Waals surface area contributed by atoms with E-state index in [-0.39, 0.29) is 57.0 Å². The van der Waals surface area contributed by atoms with E-state index >= 15 is 0 Å². The Morgan fingerprint density at radius 2 is 0.567 bits per heavy atom. The number of unbranched alkanes of at least 4 members (excludes halogenated alkanes) is 21. The summed E-state index contributed by atoms with van der Waals surface area (Å²) in [6, 6.07) is 0. The molecule has 0 bridgehead atoms. The Labute approximate surface area is 595 Å². The van der Waals surface area contributed by atoms with Crippen LogP contribution in [0.5, 0.6) is 0 Å². The fourth-order valence-corrected chi connectivity index (χ4v) is 20.9. The van der Waals surface area contributed by atoms with Crippen LogP contribution < -0.4 is 5.32 Å². The summed E-state index contributed by atoms with van der Waals surface area (Å²) in [7, 11) is 0. The molecule has 13 nitrogen and oxygen atoms in total. The van der Waals surface area contributed by atoms with Crippen LogP contribution >= 0.6 is 0 Å². The van der Waals surface area contributed by atoms with Crippen molar-refractivity contribution in [2.24, 2.45) is 46.3 Å². The van der Waals surface area contributed by atoms with Gasteiger partial charge in [-0.1, -0.05) is 225 Å². The molecule has 0 aromatic carbocycles. The molecule has 4 N–H and O–H groups in total. The monoisotopic (exact) mass is 1360 g/mol. The van der Waals surface area contributed by atoms with E-state index in [0.29, 0.717) is 66.0 Å². The first-order chi connectivity index (χ1) is 47.4. The summed E-state index contributed by atoms with van der Waals surface area (Å²) in [5, 5.41) is 35.3. The van der Waals surface area contributed by atoms with Crippen molar-refractivity contribution in [2.75, 3.05) is 45.8 Å². The van der Waals surface area contributed by atoms with Crippen molar-refractivity contribution in [3.8, 4) is 0 Å². The third kappa shape index (κ3) is 31.5. The maximum absolute atomic E-state index is 12.9. The lowest BCUT2D eigenvalue weighted by atomic mass is 9.50. The SMILES string of the molecule is CC(=O)N(O)CCCCCCC(=O)CCC(=O)N(O)CCCCCNC(=O)CCC(=O)N(O)CCCCCN(CCCCCCCCCCC(C1CCCCC1)(C1CCCCC1)C1CCCCC1)CCCCCCCCCCC(C1CCCCC1)(C1CCCCC1)C1CCCCC1. The molecular formula is C84H153N5O8. The van der Waals surface area contributed by atoms with Crippen LogP contribution in [0.15, 0.2) is 0 Å². The number of nitrogens with zero attached hydrogens (tertiary/aromatic N) is 4. The number of Topliss-reactive ketones (excluding diaryl/α,β-unsaturated/α-hetero) is 1. The average molecular weight is 1360 g/mol. The van der Waals surface area contributed by atoms with Crippen LogP contribution in [-0.4, -0.2) is 111 Å². The van der Waals surface area contributed by atoms with Crippen LogP contribution in [0.2, 0.25) is 0 Å². The van der Waals surface area contributed by atoms with E-state index in [1.54, 1.807) is 12.8 Å². The summed E-state index contributed by atoms with van der Waals surface area (Å²) >= 11 is 0. The van der Waals surface area contributed by atoms with Gasteiger partial charge in [-0.2, -0.15) is 0 Å². The molecule has 4 amide bonds. The maximum atomic E-state index is 12.9. The molecule has 562 valence electrons. The molecule has 0 aromatic heterocycles. The smallest absolute Gasteiger partial charge is 0.246 e. The maximum Gasteiger partial charge on any atom is 0.246 e. The second-order valence-corrected chi connectivity index (χ2v) is 33.1. The molecule has 6 fully saturated rings. The zero-order valence-electron chi connectivity index (χ0n) is 63.1. The van der Waals surface area contributed by atoms with E-state index in [0.717, 1.165) is 79.2 Å². The first-order valence-electron chi connectivity index (χ1n) is 42.9. The van der Waals surface area contributed by atoms with E-state index in [4.69, 9.17) is 0 Å². The van der Waals surface area contributed by atoms with Crippen molar-refractivity contribution < 1.29 is 39.6 Å². The average Bonchev–Trinajstić information content (AvgIpc) is 1.12. The van der Waals surface area contributed by atoms with Gasteiger partial charge >= 0.3 is 0 Å². The molecule has 97 heavy (non-hydrogen) atoms. The molecule has 0 atom stereocenters. The number of rotatable bonds is 53. The minimum atomic E-state index is -0.489. The van der Waals surface area contributed by atoms with Gasteiger partial charge in [-0.15, -0.1) is 0 Å². The van der Waals surface area contributed by atoms with Gasteiger partial charge in [-0.05, 0) is 214 Å². The third-order valence-electron chi connectivity index (χ3n) is 26.3. The number of hydrogen-bond acceptors (Lipinski definition) is 9. The van der Waals surface area contributed by atoms with Crippen LogP contribution in [-0.2, 0) is 24.0 Å². The van der Waals surface area contributed by atoms with Gasteiger partial charge in [0.1, 0.15) is 5.78 Å². The van der Waals surface area contributed by atoms with Gasteiger partial charge < -0.3 is 10.2 Å². The van der Waals surface area contributed by atoms with Crippen molar-refractivity contribution in [1.29, 1.82) is 0 Å². The molecule has 6 aliphatic carbocycles. The Balaban J connectivity index is 0.842. The minimum absolute atomic E-state index is 0.00922. The molecular weight excluding hydrogens is 1210 g/mol. The molecule has 6 aliphatic rings. The van der Waals surface area contributed by atoms with Gasteiger partial charge in [-0.25, -0.2) is 15.2 Å². The number of amides is 4. The van der Waals surface area contributed by atoms with Crippen LogP contribution in [0.3, 0.4) is 0 Å². The second kappa shape index (κ2) is 50.7. The standard InChI is InChI=1S/C84H153N5O8/c1-72(90)87(95)69-43-15-10-36-58-79(91)59-61-81(93)88(96)70-44-22-39-65-85-80(92)60-62-82(94)89(97)71-45-23-42-68-86(66-40-13-8-4-2-6-11-37-63-83(73-46-24-16-25-47-73,74-48-26-17-27-49-74)75-50-28-18-29-51-75)67-41-14-9-5-3-7-12-38-64-84(76-52-30-19-31-53-76,77-54-32-20-33-55-77)78-56-34-21-35-57-78/h73-78,95-97H,2-71H2,1H3,(H,85,92). The van der Waals surface area contributed by atoms with Crippen molar-refractivity contribution in [3.05, 3.63) is 0 Å². The molecule has 0 aromatic rings. The summed E-state index contributed by atoms with van der Waals surface area (Å²) < 4.78 is 0. The molecule has 6 rings (SSSR count). The number of carbonyl (C=O) groups excluding carboxylic acids is 5. The molecule has 0 spiro atoms. The van der Waals surface area contributed by atoms with Gasteiger partial charge in [0.15, 0.2) is 0 Å². The lowest BCUT2D eigenvalue weighted by molar-refractivity contribution is -0.166. The quantitative estimate of drug-likeness (QED) is 0.0263. The number of ketones is 1. The van der Waals surface area contributed by atoms with Gasteiger partial charge in [0, 0.05) is 65.2 Å². The van der Waals surface area contributed by atoms with Crippen LogP contribution in [0.4, 0.5) is 0 Å². The summed E-state index contributed by atoms with van der Waals surface area (Å²) in [5.41, 5.74) is 1.31. The number of nitrogens with one attached hydrogen (secondary N) is 1. The Bertz CT molecular complexity index is 1880. The van der Waals surface area contributed by atoms with Gasteiger partial charge in [0.25, 0.3) is 0 Å². The fourth-order valence-electron chi connectivity index (χ4n) is 20.9. The molecule has 0 saturated heterocycles. The molecule has 6 saturated carbocycles. The fraction of sp³-hybridized carbons (Fsp3) is 0.940. The molecule has 0 radical (unpaired) electrons. The summed E-state index contributed by atoms with van der Waals surface area (Å²) in [4.78, 5) is 63.9. The largest absolute Gasteiger partial charge is 0.356 e. The van der Waals surface area contributed by atoms with Crippen LogP contribution in [0.25, 0.3) is 0 Å². The topological polar surface area (TPSA) is 171 Å². The lowest BCUT2D eigenvalue weighted by Gasteiger charge is -2.55. The Hall–Kier alpha value is -2.61. The molecule has 0 heterocycles. The second-order valence-electron chi connectivity index (χ2n) is 33.1. The van der Waals surface area contributed by atoms with E-state index in [9.17, 15) is 39.6 Å². The van der Waals surface area contributed by atoms with Crippen LogP contribution in [0, 0.1) is 46.3 Å². The number of hydroxylamine groups is 6. The highest BCUT2D eigenvalue weighted by Gasteiger charge is 2.51. The normalized spacial score (nSPS) is 18.8. The summed E-state index contributed by atoms with van der Waals surface area (Å²) in [6.07, 6.45) is 78.4. The van der Waals surface area contributed by atoms with E-state index < -0.39 is 17.7 Å². The molecule has 13 heteroatoms. The van der Waals surface area contributed by atoms with Crippen molar-refractivity contribution >= 4 is 29.4 Å². The van der Waals surface area contributed by atoms with Gasteiger partial charge in [0.2, 0.25) is 23.6 Å². The van der Waals surface area contributed by atoms with Gasteiger partial charge in [0.05, 0.1) is 0 Å². The number of carbonyl (C=O) groups is 5. The predicted octanol–water partition coefficient (Wildman–Crippen LogP) is 22.0. The lowest BCUT2D eigenvalue weighted by Crippen LogP contribution is -2.47. The predicted molar refractivity (Wildman–Crippen MR) is 397 cm³/mol. The third-order valence-corrected chi connectivity index (χ3v) is 26.3. The Morgan fingerprint density at radius 1 is 0.299 bits per heavy atom. The Kier molecular flexibility index (Phi) is 43.6. The van der Waals surface area contributed by atoms with Crippen molar-refractivity contribution in [1.82, 2.24) is 25.4 Å². The highest BCUT2D eigenvalue weighted by molar-refractivity contribution is 5.84. The summed E-state index contributed by atoms with van der Waals surface area (Å²) in [6.45, 7) is 5.84. The van der Waals surface area contributed by atoms with Crippen molar-refractivity contribution in [2.45, 2.75) is 411 Å². The van der Waals surface area contributed by atoms with E-state index in [2.05, 4.69) is 10.2 Å². The zero-order valence-corrected chi connectivity index (χ0v) is 63.1. The van der Waals surface area contributed by atoms with Crippen LogP contribution in [0.1, 0.15) is 411 Å². The van der Waals surface area contributed by atoms with E-state index in [1.165, 1.54) is 315 Å². The minimum Gasteiger partial charge on any atom is -0.356 e. The van der Waals surface area contributed by atoms with E-state index in [1.807, 2.05) is 0 Å². The summed E-state index contributed by atoms with van der Waals surface area (Å²) in [5.74, 6) is 4.49. The Morgan fingerprint density at radius 3 is 0.907 bits per heavy atom. The molecule has 0 aliphatic heterocycles. The first kappa shape index (κ1) is 83.3. The number of hydrogen-bond donors (Lipinski definition) is 4. The molecule has 0 unspecified atom stereocenters. The highest BCUT2D eigenvalue weighted by Crippen LogP contribution is 2.61. The first-order valence-corrected chi connectivity index (χ1v) is 42.9. The van der Waals surface area contributed by atoms with Crippen molar-refractivity contribution in [3.63, 3.8) is 0 Å². The highest BCUT2D eigenvalue weighted by atomic mass is 16.5.